The molecule has 6 N–H and O–H groups in total. The van der Waals surface area contributed by atoms with E-state index in [0.717, 1.165) is 56.9 Å². The highest BCUT2D eigenvalue weighted by Gasteiger charge is 2.26. The second-order valence-corrected chi connectivity index (χ2v) is 22.1. The maximum absolute atomic E-state index is 12.9. The van der Waals surface area contributed by atoms with Crippen LogP contribution in [0.15, 0.2) is 176 Å². The maximum atomic E-state index is 12.9. The van der Waals surface area contributed by atoms with Crippen molar-refractivity contribution in [2.45, 2.75) is 122 Å². The van der Waals surface area contributed by atoms with Crippen LogP contribution in [-0.2, 0) is 30.5 Å². The lowest BCUT2D eigenvalue weighted by molar-refractivity contribution is -0.140. The highest BCUT2D eigenvalue weighted by molar-refractivity contribution is 5.99. The van der Waals surface area contributed by atoms with Gasteiger partial charge >= 0.3 is 23.9 Å². The molecule has 482 valence electrons. The summed E-state index contributed by atoms with van der Waals surface area (Å²) in [5, 5.41) is 30.2. The van der Waals surface area contributed by atoms with E-state index in [1.54, 1.807) is 72.8 Å². The van der Waals surface area contributed by atoms with Gasteiger partial charge in [0.05, 0.1) is 30.9 Å². The zero-order valence-electron chi connectivity index (χ0n) is 51.9. The van der Waals surface area contributed by atoms with E-state index in [-0.39, 0.29) is 52.5 Å². The van der Waals surface area contributed by atoms with Crippen LogP contribution in [-0.4, -0.2) is 77.5 Å². The molecule has 1 fully saturated rings. The lowest BCUT2D eigenvalue weighted by Gasteiger charge is -2.16. The van der Waals surface area contributed by atoms with Crippen molar-refractivity contribution in [1.29, 1.82) is 0 Å². The summed E-state index contributed by atoms with van der Waals surface area (Å²) in [5.74, 6) is -3.39. The van der Waals surface area contributed by atoms with E-state index < -0.39 is 47.8 Å². The predicted molar refractivity (Wildman–Crippen MR) is 348 cm³/mol. The number of benzene rings is 7. The van der Waals surface area contributed by atoms with Gasteiger partial charge in [-0.25, -0.2) is 19.2 Å². The number of rotatable bonds is 33. The highest BCUT2D eigenvalue weighted by Crippen LogP contribution is 2.27. The van der Waals surface area contributed by atoms with Crippen molar-refractivity contribution in [1.82, 2.24) is 10.6 Å². The largest absolute Gasteiger partial charge is 0.494 e. The molecule has 0 saturated heterocycles. The quantitative estimate of drug-likeness (QED) is 0.0127. The molecule has 0 spiro atoms. The summed E-state index contributed by atoms with van der Waals surface area (Å²) < 4.78 is 27.8. The number of nitrogens with one attached hydrogen (secondary N) is 4. The van der Waals surface area contributed by atoms with E-state index in [1.165, 1.54) is 111 Å². The third-order valence-electron chi connectivity index (χ3n) is 15.0. The molecule has 4 amide bonds. The highest BCUT2D eigenvalue weighted by atomic mass is 16.5. The second-order valence-electron chi connectivity index (χ2n) is 22.1. The topological polar surface area (TPSA) is 271 Å². The van der Waals surface area contributed by atoms with Gasteiger partial charge in [0.1, 0.15) is 29.6 Å². The molecule has 1 unspecified atom stereocenters. The van der Waals surface area contributed by atoms with E-state index in [0.29, 0.717) is 59.4 Å². The molecule has 19 nitrogen and oxygen atoms in total. The molecule has 0 radical (unpaired) electrons. The van der Waals surface area contributed by atoms with Gasteiger partial charge in [-0.2, -0.15) is 0 Å². The zero-order valence-corrected chi connectivity index (χ0v) is 51.9. The van der Waals surface area contributed by atoms with Crippen molar-refractivity contribution >= 4 is 58.9 Å². The fourth-order valence-electron chi connectivity index (χ4n) is 9.83. The number of carboxylic acids is 2. The first-order chi connectivity index (χ1) is 44.7. The molecular formula is C73H80N4O15. The SMILES string of the molecule is CCCCCCCOc1ccc(C(=O)Oc2ccc(C(NC(=O)c3ccc(NC(=O)C4CCCC4)cc3)C(=O)O)cc2)cc1.CCCCCCCOc1ccc(C(=O)Oc2ccc([C@H](NC(=O)c3ccc(NC(=O)COCc4ccccc4)cc3)C(=O)O)cc2)cc1. The first-order valence-corrected chi connectivity index (χ1v) is 31.3. The van der Waals surface area contributed by atoms with E-state index in [9.17, 15) is 48.6 Å². The van der Waals surface area contributed by atoms with Crippen LogP contribution in [0.3, 0.4) is 0 Å². The minimum absolute atomic E-state index is 0.0189. The first-order valence-electron chi connectivity index (χ1n) is 31.3. The van der Waals surface area contributed by atoms with Crippen LogP contribution < -0.4 is 40.2 Å². The maximum Gasteiger partial charge on any atom is 0.343 e. The Balaban J connectivity index is 0.000000262. The number of carbonyl (C=O) groups is 8. The lowest BCUT2D eigenvalue weighted by Crippen LogP contribution is -2.33. The number of unbranched alkanes of at least 4 members (excludes halogenated alkanes) is 8. The summed E-state index contributed by atoms with van der Waals surface area (Å²) in [7, 11) is 0. The Morgan fingerprint density at radius 2 is 0.837 bits per heavy atom. The van der Waals surface area contributed by atoms with Crippen LogP contribution >= 0.6 is 0 Å². The zero-order chi connectivity index (χ0) is 65.5. The molecule has 7 aromatic carbocycles. The van der Waals surface area contributed by atoms with Crippen molar-refractivity contribution in [3.05, 3.63) is 215 Å². The summed E-state index contributed by atoms with van der Waals surface area (Å²) in [6, 6.07) is 44.4. The van der Waals surface area contributed by atoms with Gasteiger partial charge in [-0.15, -0.1) is 0 Å². The van der Waals surface area contributed by atoms with Crippen LogP contribution in [0.5, 0.6) is 23.0 Å². The van der Waals surface area contributed by atoms with Crippen LogP contribution in [0.1, 0.15) is 174 Å². The van der Waals surface area contributed by atoms with Crippen molar-refractivity contribution in [3.8, 4) is 23.0 Å². The Morgan fingerprint density at radius 3 is 1.25 bits per heavy atom. The van der Waals surface area contributed by atoms with Crippen LogP contribution in [0.4, 0.5) is 11.4 Å². The third kappa shape index (κ3) is 23.0. The molecule has 8 rings (SSSR count). The molecule has 1 saturated carbocycles. The third-order valence-corrected chi connectivity index (χ3v) is 15.0. The smallest absolute Gasteiger partial charge is 0.343 e. The van der Waals surface area contributed by atoms with Gasteiger partial charge < -0.3 is 55.2 Å². The van der Waals surface area contributed by atoms with Gasteiger partial charge in [-0.3, -0.25) is 19.2 Å². The monoisotopic (exact) mass is 1250 g/mol. The molecule has 1 aliphatic rings. The van der Waals surface area contributed by atoms with Gasteiger partial charge in [-0.05, 0) is 164 Å². The number of carbonyl (C=O) groups excluding carboxylic acids is 6. The van der Waals surface area contributed by atoms with Crippen molar-refractivity contribution in [2.75, 3.05) is 30.5 Å². The number of esters is 2. The number of amides is 4. The van der Waals surface area contributed by atoms with E-state index in [2.05, 4.69) is 35.1 Å². The van der Waals surface area contributed by atoms with Crippen LogP contribution in [0.2, 0.25) is 0 Å². The van der Waals surface area contributed by atoms with Crippen molar-refractivity contribution in [2.24, 2.45) is 5.92 Å². The molecule has 0 heterocycles. The Labute approximate surface area is 536 Å². The number of hydrogen-bond acceptors (Lipinski definition) is 13. The normalized spacial score (nSPS) is 12.4. The Bertz CT molecular complexity index is 3480. The number of aliphatic carboxylic acids is 2. The summed E-state index contributed by atoms with van der Waals surface area (Å²) in [6.07, 6.45) is 15.3. The van der Waals surface area contributed by atoms with Crippen LogP contribution in [0, 0.1) is 5.92 Å². The number of ether oxygens (including phenoxy) is 5. The fourth-order valence-corrected chi connectivity index (χ4v) is 9.83. The van der Waals surface area contributed by atoms with Gasteiger partial charge in [0.25, 0.3) is 11.8 Å². The molecule has 2 atom stereocenters. The second kappa shape index (κ2) is 37.1. The summed E-state index contributed by atoms with van der Waals surface area (Å²) in [6.45, 7) is 5.77. The van der Waals surface area contributed by atoms with Gasteiger partial charge in [0.15, 0.2) is 12.1 Å². The van der Waals surface area contributed by atoms with Gasteiger partial charge in [0, 0.05) is 28.4 Å². The van der Waals surface area contributed by atoms with Crippen molar-refractivity contribution in [3.63, 3.8) is 0 Å². The minimum atomic E-state index is -1.36. The van der Waals surface area contributed by atoms with E-state index in [4.69, 9.17) is 23.7 Å². The van der Waals surface area contributed by atoms with Crippen LogP contribution in [0.25, 0.3) is 0 Å². The number of carboxylic acid groups (broad SMARTS) is 2. The summed E-state index contributed by atoms with van der Waals surface area (Å²) in [4.78, 5) is 99.6. The molecule has 1 aliphatic carbocycles. The van der Waals surface area contributed by atoms with Gasteiger partial charge in [-0.1, -0.05) is 133 Å². The lowest BCUT2D eigenvalue weighted by atomic mass is 10.1. The average Bonchev–Trinajstić information content (AvgIpc) is 1.55. The van der Waals surface area contributed by atoms with E-state index >= 15 is 0 Å². The molecule has 92 heavy (non-hydrogen) atoms. The molecule has 19 heteroatoms. The van der Waals surface area contributed by atoms with E-state index in [1.807, 2.05) is 30.3 Å². The number of hydrogen-bond donors (Lipinski definition) is 6. The van der Waals surface area contributed by atoms with Gasteiger partial charge in [0.2, 0.25) is 11.8 Å². The summed E-state index contributed by atoms with van der Waals surface area (Å²) >= 11 is 0. The Morgan fingerprint density at radius 1 is 0.446 bits per heavy atom. The number of anilines is 2. The Hall–Kier alpha value is -10.1. The fraction of sp³-hybridized carbons (Fsp3) is 0.315. The average molecular weight is 1250 g/mol. The molecule has 7 aromatic rings. The predicted octanol–water partition coefficient (Wildman–Crippen LogP) is 13.9. The molecule has 0 bridgehead atoms. The molecular weight excluding hydrogens is 1170 g/mol. The summed E-state index contributed by atoms with van der Waals surface area (Å²) in [5.41, 5.74) is 3.72. The first kappa shape index (κ1) is 69.3. The molecule has 0 aromatic heterocycles. The van der Waals surface area contributed by atoms with Crippen molar-refractivity contribution < 1.29 is 72.3 Å². The standard InChI is InChI=1S/C38H40N2O8.C35H40N2O7/c1-2-3-4-5-9-24-47-32-20-16-30(17-21-32)38(45)48-33-22-14-28(15-23-33)35(37(43)44)40-36(42)29-12-18-31(19-13-29)39-34(41)26-46-25-27-10-7-6-8-11-27;1-2-3-4-5-8-23-43-29-19-15-27(16-20-29)35(42)44-30-21-13-24(14-22-30)31(34(40)41)37-33(39)26-11-17-28(18-12-26)36-32(38)25-9-6-7-10-25/h6-8,10-23,35H,2-5,9,24-26H2,1H3,(H,39,41)(H,40,42)(H,43,44);11-22,25,31H,2-10,23H2,1H3,(H,36,38)(H,37,39)(H,40,41)/t35-;/m0./s1. The Kier molecular flexibility index (Phi) is 28.0. The minimum Gasteiger partial charge on any atom is -0.494 e. The molecule has 0 aliphatic heterocycles.